The first-order valence-corrected chi connectivity index (χ1v) is 6.11. The number of hydrogen-bond acceptors (Lipinski definition) is 3. The minimum atomic E-state index is -0.386. The minimum Gasteiger partial charge on any atom is -0.332 e. The van der Waals surface area contributed by atoms with Crippen LogP contribution < -0.4 is 11.1 Å². The van der Waals surface area contributed by atoms with Crippen molar-refractivity contribution in [2.75, 3.05) is 26.2 Å². The van der Waals surface area contributed by atoms with E-state index >= 15 is 0 Å². The van der Waals surface area contributed by atoms with Crippen molar-refractivity contribution in [3.05, 3.63) is 35.1 Å². The molecule has 1 atom stereocenters. The van der Waals surface area contributed by atoms with E-state index in [-0.39, 0.29) is 17.8 Å². The second-order valence-corrected chi connectivity index (χ2v) is 4.55. The number of piperazine rings is 1. The van der Waals surface area contributed by atoms with Gasteiger partial charge in [-0.05, 0) is 24.6 Å². The Balaban J connectivity index is 2.26. The van der Waals surface area contributed by atoms with Gasteiger partial charge >= 0.3 is 0 Å². The number of halogens is 1. The Morgan fingerprint density at radius 2 is 2.39 bits per heavy atom. The quantitative estimate of drug-likeness (QED) is 0.805. The highest BCUT2D eigenvalue weighted by Crippen LogP contribution is 2.15. The maximum Gasteiger partial charge on any atom is 0.254 e. The highest BCUT2D eigenvalue weighted by Gasteiger charge is 2.27. The lowest BCUT2D eigenvalue weighted by atomic mass is 10.1. The Morgan fingerprint density at radius 3 is 3.11 bits per heavy atom. The van der Waals surface area contributed by atoms with Crippen LogP contribution in [0.15, 0.2) is 18.2 Å². The van der Waals surface area contributed by atoms with Crippen molar-refractivity contribution < 1.29 is 9.18 Å². The van der Waals surface area contributed by atoms with Crippen molar-refractivity contribution in [3.8, 4) is 0 Å². The average Bonchev–Trinajstić information content (AvgIpc) is 2.40. The predicted molar refractivity (Wildman–Crippen MR) is 67.9 cm³/mol. The van der Waals surface area contributed by atoms with Crippen LogP contribution in [-0.2, 0) is 0 Å². The topological polar surface area (TPSA) is 58.4 Å². The van der Waals surface area contributed by atoms with Gasteiger partial charge < -0.3 is 16.0 Å². The monoisotopic (exact) mass is 251 g/mol. The van der Waals surface area contributed by atoms with Gasteiger partial charge in [-0.1, -0.05) is 6.07 Å². The maximum absolute atomic E-state index is 13.2. The van der Waals surface area contributed by atoms with Crippen molar-refractivity contribution in [1.29, 1.82) is 0 Å². The molecule has 1 aliphatic rings. The van der Waals surface area contributed by atoms with E-state index in [0.29, 0.717) is 25.2 Å². The number of amides is 1. The highest BCUT2D eigenvalue weighted by atomic mass is 19.1. The molecule has 0 aromatic heterocycles. The third kappa shape index (κ3) is 2.52. The number of rotatable bonds is 2. The molecule has 1 aromatic rings. The van der Waals surface area contributed by atoms with Crippen LogP contribution in [-0.4, -0.2) is 43.0 Å². The predicted octanol–water partition coefficient (Wildman–Crippen LogP) is 0.507. The Hall–Kier alpha value is -1.46. The average molecular weight is 251 g/mol. The fraction of sp³-hybridized carbons (Fsp3) is 0.462. The van der Waals surface area contributed by atoms with E-state index in [1.807, 2.05) is 6.92 Å². The van der Waals surface area contributed by atoms with Gasteiger partial charge in [-0.25, -0.2) is 4.39 Å². The van der Waals surface area contributed by atoms with Crippen molar-refractivity contribution in [2.24, 2.45) is 5.73 Å². The molecule has 1 fully saturated rings. The lowest BCUT2D eigenvalue weighted by molar-refractivity contribution is 0.0643. The minimum absolute atomic E-state index is 0.0195. The second-order valence-electron chi connectivity index (χ2n) is 4.55. The largest absolute Gasteiger partial charge is 0.332 e. The van der Waals surface area contributed by atoms with Crippen LogP contribution in [0.4, 0.5) is 4.39 Å². The van der Waals surface area contributed by atoms with E-state index in [1.54, 1.807) is 11.0 Å². The molecule has 0 spiro atoms. The number of hydrogen-bond donors (Lipinski definition) is 2. The molecular weight excluding hydrogens is 233 g/mol. The van der Waals surface area contributed by atoms with Crippen molar-refractivity contribution in [2.45, 2.75) is 13.0 Å². The molecule has 1 heterocycles. The molecule has 0 radical (unpaired) electrons. The van der Waals surface area contributed by atoms with Crippen molar-refractivity contribution >= 4 is 5.91 Å². The normalized spacial score (nSPS) is 19.9. The van der Waals surface area contributed by atoms with Gasteiger partial charge in [-0.2, -0.15) is 0 Å². The summed E-state index contributed by atoms with van der Waals surface area (Å²) in [7, 11) is 0. The number of nitrogens with one attached hydrogen (secondary N) is 1. The van der Waals surface area contributed by atoms with Crippen molar-refractivity contribution in [3.63, 3.8) is 0 Å². The molecule has 1 aliphatic heterocycles. The zero-order valence-corrected chi connectivity index (χ0v) is 10.4. The molecule has 1 saturated heterocycles. The molecule has 3 N–H and O–H groups in total. The van der Waals surface area contributed by atoms with Gasteiger partial charge in [0.05, 0.1) is 6.04 Å². The Bertz CT molecular complexity index is 450. The summed E-state index contributed by atoms with van der Waals surface area (Å²) in [6, 6.07) is 4.27. The zero-order chi connectivity index (χ0) is 13.1. The first kappa shape index (κ1) is 13.0. The van der Waals surface area contributed by atoms with Crippen molar-refractivity contribution in [1.82, 2.24) is 10.2 Å². The smallest absolute Gasteiger partial charge is 0.254 e. The third-order valence-corrected chi connectivity index (χ3v) is 3.31. The Morgan fingerprint density at radius 1 is 1.61 bits per heavy atom. The molecule has 1 aromatic carbocycles. The Kier molecular flexibility index (Phi) is 3.93. The highest BCUT2D eigenvalue weighted by molar-refractivity contribution is 5.96. The number of aryl methyl sites for hydroxylation is 1. The van der Waals surface area contributed by atoms with E-state index in [2.05, 4.69) is 5.32 Å². The molecular formula is C13H18FN3O. The van der Waals surface area contributed by atoms with Crippen LogP contribution in [0, 0.1) is 12.7 Å². The second kappa shape index (κ2) is 5.46. The van der Waals surface area contributed by atoms with E-state index in [0.717, 1.165) is 12.1 Å². The fourth-order valence-corrected chi connectivity index (χ4v) is 2.22. The van der Waals surface area contributed by atoms with Gasteiger partial charge in [-0.3, -0.25) is 4.79 Å². The lowest BCUT2D eigenvalue weighted by Crippen LogP contribution is -2.56. The van der Waals surface area contributed by atoms with E-state index in [9.17, 15) is 9.18 Å². The summed E-state index contributed by atoms with van der Waals surface area (Å²) in [5.41, 5.74) is 6.88. The molecule has 0 aliphatic carbocycles. The maximum atomic E-state index is 13.2. The van der Waals surface area contributed by atoms with E-state index in [1.165, 1.54) is 12.1 Å². The first-order chi connectivity index (χ1) is 8.63. The number of nitrogens with two attached hydrogens (primary N) is 1. The van der Waals surface area contributed by atoms with Gasteiger partial charge in [0.25, 0.3) is 5.91 Å². The third-order valence-electron chi connectivity index (χ3n) is 3.31. The number of nitrogens with zero attached hydrogens (tertiary/aromatic N) is 1. The Labute approximate surface area is 106 Å². The van der Waals surface area contributed by atoms with Gasteiger partial charge in [0.2, 0.25) is 0 Å². The van der Waals surface area contributed by atoms with Gasteiger partial charge in [0.1, 0.15) is 5.82 Å². The summed E-state index contributed by atoms with van der Waals surface area (Å²) in [6.45, 7) is 4.27. The van der Waals surface area contributed by atoms with Gasteiger partial charge in [-0.15, -0.1) is 0 Å². The lowest BCUT2D eigenvalue weighted by Gasteiger charge is -2.35. The molecule has 1 amide bonds. The van der Waals surface area contributed by atoms with Crippen LogP contribution in [0.5, 0.6) is 0 Å². The number of carbonyl (C=O) groups excluding carboxylic acids is 1. The molecule has 1 unspecified atom stereocenters. The first-order valence-electron chi connectivity index (χ1n) is 6.11. The zero-order valence-electron chi connectivity index (χ0n) is 10.4. The molecule has 18 heavy (non-hydrogen) atoms. The van der Waals surface area contributed by atoms with E-state index < -0.39 is 0 Å². The standard InChI is InChI=1S/C13H18FN3O/c1-9-2-3-10(14)6-12(9)13(18)17-5-4-16-8-11(17)7-15/h2-3,6,11,16H,4-5,7-8,15H2,1H3. The summed E-state index contributed by atoms with van der Waals surface area (Å²) in [5.74, 6) is -0.521. The summed E-state index contributed by atoms with van der Waals surface area (Å²) < 4.78 is 13.2. The van der Waals surface area contributed by atoms with Gasteiger partial charge in [0.15, 0.2) is 0 Å². The van der Waals surface area contributed by atoms with Crippen LogP contribution in [0.3, 0.4) is 0 Å². The molecule has 2 rings (SSSR count). The van der Waals surface area contributed by atoms with Crippen LogP contribution in [0.25, 0.3) is 0 Å². The molecule has 4 nitrogen and oxygen atoms in total. The summed E-state index contributed by atoms with van der Waals surface area (Å²) >= 11 is 0. The summed E-state index contributed by atoms with van der Waals surface area (Å²) in [6.07, 6.45) is 0. The van der Waals surface area contributed by atoms with Crippen LogP contribution in [0.1, 0.15) is 15.9 Å². The fourth-order valence-electron chi connectivity index (χ4n) is 2.22. The van der Waals surface area contributed by atoms with Gasteiger partial charge in [0, 0.05) is 31.7 Å². The number of carbonyl (C=O) groups is 1. The van der Waals surface area contributed by atoms with Crippen LogP contribution in [0.2, 0.25) is 0 Å². The molecule has 0 bridgehead atoms. The summed E-state index contributed by atoms with van der Waals surface area (Å²) in [5, 5.41) is 3.20. The van der Waals surface area contributed by atoms with E-state index in [4.69, 9.17) is 5.73 Å². The molecule has 5 heteroatoms. The van der Waals surface area contributed by atoms with Crippen LogP contribution >= 0.6 is 0 Å². The molecule has 0 saturated carbocycles. The SMILES string of the molecule is Cc1ccc(F)cc1C(=O)N1CCNCC1CN. The molecule has 98 valence electrons. The summed E-state index contributed by atoms with van der Waals surface area (Å²) in [4.78, 5) is 14.2. The number of benzene rings is 1.